The third kappa shape index (κ3) is 5.22. The summed E-state index contributed by atoms with van der Waals surface area (Å²) >= 11 is 0. The second-order valence-electron chi connectivity index (χ2n) is 6.15. The highest BCUT2D eigenvalue weighted by atomic mass is 35.5. The van der Waals surface area contributed by atoms with E-state index < -0.39 is 10.0 Å². The van der Waals surface area contributed by atoms with E-state index in [1.54, 1.807) is 18.2 Å². The Morgan fingerprint density at radius 1 is 1.25 bits per heavy atom. The minimum Gasteiger partial charge on any atom is -0.355 e. The Morgan fingerprint density at radius 2 is 1.93 bits per heavy atom. The minimum atomic E-state index is -3.53. The van der Waals surface area contributed by atoms with Gasteiger partial charge in [0, 0.05) is 45.6 Å². The summed E-state index contributed by atoms with van der Waals surface area (Å²) in [5, 5.41) is 2.74. The SMILES string of the molecule is CCN(CC)S(=O)(=O)c1ccc2c(c1)nc(CCC(=O)NCCN)n2CC.Cl. The Kier molecular flexibility index (Phi) is 9.35. The van der Waals surface area contributed by atoms with E-state index in [0.29, 0.717) is 51.1 Å². The maximum Gasteiger partial charge on any atom is 0.243 e. The number of fused-ring (bicyclic) bond motifs is 1. The summed E-state index contributed by atoms with van der Waals surface area (Å²) < 4.78 is 28.9. The topological polar surface area (TPSA) is 110 Å². The van der Waals surface area contributed by atoms with Crippen LogP contribution in [0.1, 0.15) is 33.0 Å². The zero-order valence-electron chi connectivity index (χ0n) is 16.6. The van der Waals surface area contributed by atoms with Crippen LogP contribution in [0.15, 0.2) is 23.1 Å². The summed E-state index contributed by atoms with van der Waals surface area (Å²) in [4.78, 5) is 16.7. The molecule has 10 heteroatoms. The van der Waals surface area contributed by atoms with Gasteiger partial charge >= 0.3 is 0 Å². The van der Waals surface area contributed by atoms with Crippen molar-refractivity contribution in [1.82, 2.24) is 19.2 Å². The van der Waals surface area contributed by atoms with Gasteiger partial charge in [0.15, 0.2) is 0 Å². The van der Waals surface area contributed by atoms with Gasteiger partial charge in [-0.1, -0.05) is 13.8 Å². The fourth-order valence-electron chi connectivity index (χ4n) is 3.10. The van der Waals surface area contributed by atoms with E-state index in [9.17, 15) is 13.2 Å². The maximum absolute atomic E-state index is 12.7. The molecule has 1 heterocycles. The first kappa shape index (κ1) is 24.4. The van der Waals surface area contributed by atoms with Gasteiger partial charge in [-0.05, 0) is 25.1 Å². The van der Waals surface area contributed by atoms with Gasteiger partial charge in [0.05, 0.1) is 15.9 Å². The predicted octanol–water partition coefficient (Wildman–Crippen LogP) is 1.52. The number of sulfonamides is 1. The number of aromatic nitrogens is 2. The zero-order valence-corrected chi connectivity index (χ0v) is 18.3. The molecule has 0 spiro atoms. The number of nitrogens with zero attached hydrogens (tertiary/aromatic N) is 3. The molecule has 0 bridgehead atoms. The average Bonchev–Trinajstić information content (AvgIpc) is 3.02. The summed E-state index contributed by atoms with van der Waals surface area (Å²) in [6.07, 6.45) is 0.797. The zero-order chi connectivity index (χ0) is 20.0. The van der Waals surface area contributed by atoms with E-state index in [1.165, 1.54) is 4.31 Å². The number of imidazole rings is 1. The van der Waals surface area contributed by atoms with Crippen LogP contribution < -0.4 is 11.1 Å². The summed E-state index contributed by atoms with van der Waals surface area (Å²) in [7, 11) is -3.53. The number of hydrogen-bond acceptors (Lipinski definition) is 5. The Balaban J connectivity index is 0.00000392. The third-order valence-corrected chi connectivity index (χ3v) is 6.55. The Bertz CT molecular complexity index is 894. The van der Waals surface area contributed by atoms with Crippen LogP contribution in [-0.2, 0) is 27.8 Å². The molecular formula is C18H30ClN5O3S. The van der Waals surface area contributed by atoms with Crippen molar-refractivity contribution in [3.8, 4) is 0 Å². The van der Waals surface area contributed by atoms with E-state index in [0.717, 1.165) is 11.3 Å². The molecule has 3 N–H and O–H groups in total. The van der Waals surface area contributed by atoms with E-state index in [-0.39, 0.29) is 23.2 Å². The highest BCUT2D eigenvalue weighted by Gasteiger charge is 2.23. The quantitative estimate of drug-likeness (QED) is 0.592. The molecule has 0 aliphatic rings. The summed E-state index contributed by atoms with van der Waals surface area (Å²) in [6, 6.07) is 5.04. The molecule has 0 saturated heterocycles. The molecule has 0 saturated carbocycles. The van der Waals surface area contributed by atoms with Crippen molar-refractivity contribution < 1.29 is 13.2 Å². The largest absolute Gasteiger partial charge is 0.355 e. The molecule has 0 unspecified atom stereocenters. The number of aryl methyl sites for hydroxylation is 2. The van der Waals surface area contributed by atoms with Crippen LogP contribution >= 0.6 is 12.4 Å². The van der Waals surface area contributed by atoms with Gasteiger partial charge in [0.1, 0.15) is 5.82 Å². The second-order valence-corrected chi connectivity index (χ2v) is 8.09. The molecule has 0 aliphatic heterocycles. The highest BCUT2D eigenvalue weighted by molar-refractivity contribution is 7.89. The van der Waals surface area contributed by atoms with Gasteiger partial charge < -0.3 is 15.6 Å². The van der Waals surface area contributed by atoms with Crippen molar-refractivity contribution >= 4 is 39.4 Å². The molecule has 28 heavy (non-hydrogen) atoms. The molecule has 0 aliphatic carbocycles. The lowest BCUT2D eigenvalue weighted by Gasteiger charge is -2.18. The molecule has 1 aromatic carbocycles. The molecule has 0 radical (unpaired) electrons. The van der Waals surface area contributed by atoms with E-state index in [2.05, 4.69) is 10.3 Å². The molecule has 1 aromatic heterocycles. The molecule has 0 fully saturated rings. The number of hydrogen-bond donors (Lipinski definition) is 2. The molecule has 1 amide bonds. The van der Waals surface area contributed by atoms with Gasteiger partial charge in [-0.2, -0.15) is 4.31 Å². The first-order valence-corrected chi connectivity index (χ1v) is 10.8. The van der Waals surface area contributed by atoms with Crippen LogP contribution in [0.5, 0.6) is 0 Å². The number of nitrogens with two attached hydrogens (primary N) is 1. The van der Waals surface area contributed by atoms with Crippen LogP contribution in [0.25, 0.3) is 11.0 Å². The number of carbonyl (C=O) groups is 1. The van der Waals surface area contributed by atoms with E-state index in [4.69, 9.17) is 5.73 Å². The van der Waals surface area contributed by atoms with Gasteiger partial charge in [-0.3, -0.25) is 4.79 Å². The lowest BCUT2D eigenvalue weighted by Crippen LogP contribution is -2.30. The number of benzene rings is 1. The molecule has 0 atom stereocenters. The van der Waals surface area contributed by atoms with Gasteiger partial charge in [0.25, 0.3) is 0 Å². The van der Waals surface area contributed by atoms with Crippen LogP contribution in [0.4, 0.5) is 0 Å². The number of halogens is 1. The van der Waals surface area contributed by atoms with Gasteiger partial charge in [-0.15, -0.1) is 12.4 Å². The number of nitrogens with one attached hydrogen (secondary N) is 1. The Morgan fingerprint density at radius 3 is 2.50 bits per heavy atom. The third-order valence-electron chi connectivity index (χ3n) is 4.50. The van der Waals surface area contributed by atoms with Crippen molar-refractivity contribution in [1.29, 1.82) is 0 Å². The second kappa shape index (κ2) is 10.8. The van der Waals surface area contributed by atoms with Crippen LogP contribution in [-0.4, -0.2) is 54.4 Å². The number of amides is 1. The monoisotopic (exact) mass is 431 g/mol. The summed E-state index contributed by atoms with van der Waals surface area (Å²) in [6.45, 7) is 8.03. The van der Waals surface area contributed by atoms with Crippen LogP contribution in [0.2, 0.25) is 0 Å². The normalized spacial score (nSPS) is 11.6. The highest BCUT2D eigenvalue weighted by Crippen LogP contribution is 2.23. The predicted molar refractivity (Wildman–Crippen MR) is 113 cm³/mol. The van der Waals surface area contributed by atoms with Gasteiger partial charge in [-0.25, -0.2) is 13.4 Å². The standard InChI is InChI=1S/C18H29N5O3S.ClH/c1-4-22(5-2)27(25,26)14-7-8-16-15(13-14)21-17(23(16)6-3)9-10-18(24)20-12-11-19;/h7-8,13H,4-6,9-12,19H2,1-3H3,(H,20,24);1H. The maximum atomic E-state index is 12.7. The van der Waals surface area contributed by atoms with Crippen molar-refractivity contribution in [2.75, 3.05) is 26.2 Å². The van der Waals surface area contributed by atoms with Crippen molar-refractivity contribution in [2.45, 2.75) is 45.1 Å². The van der Waals surface area contributed by atoms with Crippen molar-refractivity contribution in [3.05, 3.63) is 24.0 Å². The number of carbonyl (C=O) groups excluding carboxylic acids is 1. The Hall–Kier alpha value is -1.68. The number of rotatable bonds is 10. The Labute approximate surface area is 172 Å². The fourth-order valence-corrected chi connectivity index (χ4v) is 4.58. The van der Waals surface area contributed by atoms with Crippen LogP contribution in [0, 0.1) is 0 Å². The first-order chi connectivity index (χ1) is 12.9. The molecule has 158 valence electrons. The fraction of sp³-hybridized carbons (Fsp3) is 0.556. The van der Waals surface area contributed by atoms with E-state index in [1.807, 2.05) is 25.3 Å². The molecule has 8 nitrogen and oxygen atoms in total. The van der Waals surface area contributed by atoms with E-state index >= 15 is 0 Å². The average molecular weight is 432 g/mol. The summed E-state index contributed by atoms with van der Waals surface area (Å²) in [5.41, 5.74) is 6.88. The molecule has 2 rings (SSSR count). The molecular weight excluding hydrogens is 402 g/mol. The van der Waals surface area contributed by atoms with Gasteiger partial charge in [0.2, 0.25) is 15.9 Å². The lowest BCUT2D eigenvalue weighted by atomic mass is 10.2. The van der Waals surface area contributed by atoms with Crippen molar-refractivity contribution in [3.63, 3.8) is 0 Å². The molecule has 2 aromatic rings. The minimum absolute atomic E-state index is 0. The lowest BCUT2D eigenvalue weighted by molar-refractivity contribution is -0.121. The van der Waals surface area contributed by atoms with Crippen LogP contribution in [0.3, 0.4) is 0 Å². The summed E-state index contributed by atoms with van der Waals surface area (Å²) in [5.74, 6) is 0.702. The smallest absolute Gasteiger partial charge is 0.243 e. The first-order valence-electron chi connectivity index (χ1n) is 9.35. The van der Waals surface area contributed by atoms with Crippen molar-refractivity contribution in [2.24, 2.45) is 5.73 Å².